The van der Waals surface area contributed by atoms with Gasteiger partial charge in [-0.1, -0.05) is 60.7 Å². The van der Waals surface area contributed by atoms with E-state index in [2.05, 4.69) is 77.8 Å². The van der Waals surface area contributed by atoms with E-state index in [9.17, 15) is 0 Å². The normalized spacial score (nSPS) is 20.1. The number of hydrogen-bond acceptors (Lipinski definition) is 2. The van der Waals surface area contributed by atoms with Gasteiger partial charge in [-0.3, -0.25) is 4.90 Å². The van der Waals surface area contributed by atoms with Crippen molar-refractivity contribution in [2.75, 3.05) is 13.1 Å². The minimum Gasteiger partial charge on any atom is -0.310 e. The number of likely N-dealkylation sites (tertiary alicyclic amines) is 1. The van der Waals surface area contributed by atoms with Gasteiger partial charge in [-0.15, -0.1) is 0 Å². The highest BCUT2D eigenvalue weighted by Crippen LogP contribution is 2.21. The van der Waals surface area contributed by atoms with Gasteiger partial charge in [0, 0.05) is 25.7 Å². The zero-order valence-corrected chi connectivity index (χ0v) is 13.4. The third-order valence-corrected chi connectivity index (χ3v) is 4.74. The maximum Gasteiger partial charge on any atom is 0.0233 e. The third-order valence-electron chi connectivity index (χ3n) is 4.74. The third kappa shape index (κ3) is 4.19. The van der Waals surface area contributed by atoms with Gasteiger partial charge in [0.25, 0.3) is 0 Å². The van der Waals surface area contributed by atoms with Crippen LogP contribution in [0.2, 0.25) is 0 Å². The van der Waals surface area contributed by atoms with Gasteiger partial charge < -0.3 is 5.32 Å². The van der Waals surface area contributed by atoms with Gasteiger partial charge in [0.05, 0.1) is 0 Å². The van der Waals surface area contributed by atoms with Crippen molar-refractivity contribution in [2.45, 2.75) is 32.5 Å². The number of rotatable bonds is 6. The Morgan fingerprint density at radius 1 is 1.00 bits per heavy atom. The summed E-state index contributed by atoms with van der Waals surface area (Å²) in [6, 6.07) is 22.1. The van der Waals surface area contributed by atoms with Gasteiger partial charge in [-0.2, -0.15) is 0 Å². The molecule has 3 rings (SSSR count). The first-order valence-corrected chi connectivity index (χ1v) is 8.35. The van der Waals surface area contributed by atoms with E-state index in [1.54, 1.807) is 0 Å². The number of benzene rings is 2. The van der Waals surface area contributed by atoms with Crippen molar-refractivity contribution in [1.29, 1.82) is 0 Å². The smallest absolute Gasteiger partial charge is 0.0233 e. The van der Waals surface area contributed by atoms with E-state index in [1.807, 2.05) is 0 Å². The van der Waals surface area contributed by atoms with E-state index in [4.69, 9.17) is 0 Å². The first kappa shape index (κ1) is 15.3. The lowest BCUT2D eigenvalue weighted by Crippen LogP contribution is -2.34. The van der Waals surface area contributed by atoms with Gasteiger partial charge in [-0.05, 0) is 36.9 Å². The quantitative estimate of drug-likeness (QED) is 0.874. The standard InChI is InChI=1S/C20H26N2/c1-17(21-14-18-8-4-2-5-9-18)20-12-13-22(16-20)15-19-10-6-3-7-11-19/h2-11,17,20-21H,12-16H2,1H3. The fourth-order valence-electron chi connectivity index (χ4n) is 3.30. The van der Waals surface area contributed by atoms with E-state index in [1.165, 1.54) is 30.6 Å². The van der Waals surface area contributed by atoms with Gasteiger partial charge >= 0.3 is 0 Å². The monoisotopic (exact) mass is 294 g/mol. The van der Waals surface area contributed by atoms with Crippen LogP contribution in [0.1, 0.15) is 24.5 Å². The second-order valence-electron chi connectivity index (χ2n) is 6.42. The minimum absolute atomic E-state index is 0.570. The van der Waals surface area contributed by atoms with Crippen LogP contribution in [0.25, 0.3) is 0 Å². The molecule has 2 heteroatoms. The molecule has 0 saturated carbocycles. The molecule has 1 aliphatic rings. The van der Waals surface area contributed by atoms with E-state index in [-0.39, 0.29) is 0 Å². The molecule has 1 saturated heterocycles. The summed E-state index contributed by atoms with van der Waals surface area (Å²) in [6.07, 6.45) is 1.30. The molecule has 22 heavy (non-hydrogen) atoms. The molecule has 0 bridgehead atoms. The highest BCUT2D eigenvalue weighted by molar-refractivity contribution is 5.15. The Morgan fingerprint density at radius 2 is 1.64 bits per heavy atom. The van der Waals surface area contributed by atoms with Crippen LogP contribution in [-0.2, 0) is 13.1 Å². The topological polar surface area (TPSA) is 15.3 Å². The van der Waals surface area contributed by atoms with Crippen LogP contribution in [-0.4, -0.2) is 24.0 Å². The zero-order valence-electron chi connectivity index (χ0n) is 13.4. The highest BCUT2D eigenvalue weighted by Gasteiger charge is 2.26. The van der Waals surface area contributed by atoms with Gasteiger partial charge in [0.2, 0.25) is 0 Å². The molecule has 2 unspecified atom stereocenters. The molecule has 0 radical (unpaired) electrons. The van der Waals surface area contributed by atoms with Crippen LogP contribution in [0.15, 0.2) is 60.7 Å². The van der Waals surface area contributed by atoms with E-state index < -0.39 is 0 Å². The van der Waals surface area contributed by atoms with E-state index >= 15 is 0 Å². The molecule has 2 nitrogen and oxygen atoms in total. The molecule has 2 atom stereocenters. The van der Waals surface area contributed by atoms with Gasteiger partial charge in [0.15, 0.2) is 0 Å². The van der Waals surface area contributed by atoms with Crippen LogP contribution in [0.3, 0.4) is 0 Å². The molecule has 1 fully saturated rings. The fourth-order valence-corrected chi connectivity index (χ4v) is 3.30. The summed E-state index contributed by atoms with van der Waals surface area (Å²) >= 11 is 0. The fraction of sp³-hybridized carbons (Fsp3) is 0.400. The van der Waals surface area contributed by atoms with Crippen molar-refractivity contribution in [1.82, 2.24) is 10.2 Å². The van der Waals surface area contributed by atoms with Crippen LogP contribution >= 0.6 is 0 Å². The van der Waals surface area contributed by atoms with Gasteiger partial charge in [0.1, 0.15) is 0 Å². The number of nitrogens with zero attached hydrogens (tertiary/aromatic N) is 1. The van der Waals surface area contributed by atoms with Crippen LogP contribution < -0.4 is 5.32 Å². The predicted molar refractivity (Wildman–Crippen MR) is 92.6 cm³/mol. The summed E-state index contributed by atoms with van der Waals surface area (Å²) in [5.74, 6) is 0.757. The molecule has 1 N–H and O–H groups in total. The second kappa shape index (κ2) is 7.57. The van der Waals surface area contributed by atoms with Crippen LogP contribution in [0.4, 0.5) is 0 Å². The van der Waals surface area contributed by atoms with E-state index in [0.29, 0.717) is 6.04 Å². The Hall–Kier alpha value is -1.64. The Balaban J connectivity index is 1.45. The number of nitrogens with one attached hydrogen (secondary N) is 1. The summed E-state index contributed by atoms with van der Waals surface area (Å²) in [4.78, 5) is 2.58. The molecule has 116 valence electrons. The highest BCUT2D eigenvalue weighted by atomic mass is 15.2. The average molecular weight is 294 g/mol. The molecular weight excluding hydrogens is 268 g/mol. The molecular formula is C20H26N2. The van der Waals surface area contributed by atoms with Gasteiger partial charge in [-0.25, -0.2) is 0 Å². The molecule has 0 spiro atoms. The lowest BCUT2D eigenvalue weighted by atomic mass is 10.0. The summed E-state index contributed by atoms with van der Waals surface area (Å²) < 4.78 is 0. The van der Waals surface area contributed by atoms with Crippen molar-refractivity contribution >= 4 is 0 Å². The summed E-state index contributed by atoms with van der Waals surface area (Å²) in [5, 5.41) is 3.70. The average Bonchev–Trinajstić information content (AvgIpc) is 3.03. The maximum atomic E-state index is 3.70. The first-order valence-electron chi connectivity index (χ1n) is 8.35. The van der Waals surface area contributed by atoms with Crippen molar-refractivity contribution in [3.8, 4) is 0 Å². The molecule has 2 aromatic rings. The largest absolute Gasteiger partial charge is 0.310 e. The lowest BCUT2D eigenvalue weighted by molar-refractivity contribution is 0.297. The zero-order chi connectivity index (χ0) is 15.2. The Kier molecular flexibility index (Phi) is 5.25. The summed E-state index contributed by atoms with van der Waals surface area (Å²) in [7, 11) is 0. The first-order chi connectivity index (χ1) is 10.8. The Labute approximate surface area is 134 Å². The SMILES string of the molecule is CC(NCc1ccccc1)C1CCN(Cc2ccccc2)C1. The number of hydrogen-bond donors (Lipinski definition) is 1. The van der Waals surface area contributed by atoms with Crippen molar-refractivity contribution in [2.24, 2.45) is 5.92 Å². The van der Waals surface area contributed by atoms with Crippen molar-refractivity contribution in [3.05, 3.63) is 71.8 Å². The van der Waals surface area contributed by atoms with Crippen LogP contribution in [0, 0.1) is 5.92 Å². The molecule has 0 aliphatic carbocycles. The van der Waals surface area contributed by atoms with Crippen molar-refractivity contribution < 1.29 is 0 Å². The van der Waals surface area contributed by atoms with Crippen molar-refractivity contribution in [3.63, 3.8) is 0 Å². The van der Waals surface area contributed by atoms with E-state index in [0.717, 1.165) is 19.0 Å². The molecule has 2 aromatic carbocycles. The predicted octanol–water partition coefficient (Wildman–Crippen LogP) is 3.69. The maximum absolute atomic E-state index is 3.70. The molecule has 1 heterocycles. The second-order valence-corrected chi connectivity index (χ2v) is 6.42. The lowest BCUT2D eigenvalue weighted by Gasteiger charge is -2.22. The summed E-state index contributed by atoms with van der Waals surface area (Å²) in [6.45, 7) is 6.81. The minimum atomic E-state index is 0.570. The summed E-state index contributed by atoms with van der Waals surface area (Å²) in [5.41, 5.74) is 2.79. The molecule has 0 amide bonds. The Morgan fingerprint density at radius 3 is 2.32 bits per heavy atom. The Bertz CT molecular complexity index is 552. The molecule has 0 aromatic heterocycles. The van der Waals surface area contributed by atoms with Crippen LogP contribution in [0.5, 0.6) is 0 Å². The molecule has 1 aliphatic heterocycles.